The molecule has 4 nitrogen and oxygen atoms in total. The van der Waals surface area contributed by atoms with Crippen molar-refractivity contribution in [3.63, 3.8) is 0 Å². The molecule has 0 spiro atoms. The first kappa shape index (κ1) is 17.3. The molecular weight excluding hydrogens is 300 g/mol. The highest BCUT2D eigenvalue weighted by Gasteiger charge is 2.28. The summed E-state index contributed by atoms with van der Waals surface area (Å²) < 4.78 is 5.37. The van der Waals surface area contributed by atoms with Crippen molar-refractivity contribution >= 4 is 6.09 Å². The number of carbonyl (C=O) groups is 1. The molecule has 0 aromatic heterocycles. The standard InChI is InChI=1S/C20H30N2O2/c1-16-11-19(14-22(12-16)13-17-7-5-6-8-17)21-20(23)24-15-18-9-3-2-4-10-18/h2-4,9-10,16-17,19H,5-8,11-15H2,1H3,(H,21,23). The molecule has 2 unspecified atom stereocenters. The van der Waals surface area contributed by atoms with Crippen LogP contribution in [0.3, 0.4) is 0 Å². The third kappa shape index (κ3) is 5.23. The molecule has 1 saturated heterocycles. The van der Waals surface area contributed by atoms with Gasteiger partial charge in [-0.1, -0.05) is 50.1 Å². The number of alkyl carbamates (subject to hydrolysis) is 1. The zero-order valence-corrected chi connectivity index (χ0v) is 14.7. The molecule has 1 saturated carbocycles. The SMILES string of the molecule is CC1CC(NC(=O)OCc2ccccc2)CN(CC2CCCC2)C1. The maximum absolute atomic E-state index is 12.1. The number of amides is 1. The largest absolute Gasteiger partial charge is 0.445 e. The number of hydrogen-bond donors (Lipinski definition) is 1. The molecule has 2 aliphatic rings. The number of likely N-dealkylation sites (tertiary alicyclic amines) is 1. The summed E-state index contributed by atoms with van der Waals surface area (Å²) in [6.07, 6.45) is 6.29. The molecule has 0 bridgehead atoms. The third-order valence-electron chi connectivity index (χ3n) is 5.26. The Morgan fingerprint density at radius 1 is 1.21 bits per heavy atom. The van der Waals surface area contributed by atoms with Gasteiger partial charge in [-0.05, 0) is 36.7 Å². The summed E-state index contributed by atoms with van der Waals surface area (Å²) >= 11 is 0. The quantitative estimate of drug-likeness (QED) is 0.892. The first-order valence-electron chi connectivity index (χ1n) is 9.38. The molecule has 0 radical (unpaired) electrons. The molecule has 1 aliphatic carbocycles. The van der Waals surface area contributed by atoms with Crippen LogP contribution in [0, 0.1) is 11.8 Å². The van der Waals surface area contributed by atoms with E-state index in [0.717, 1.165) is 31.0 Å². The maximum atomic E-state index is 12.1. The van der Waals surface area contributed by atoms with Crippen LogP contribution in [0.1, 0.15) is 44.6 Å². The van der Waals surface area contributed by atoms with Crippen LogP contribution in [0.25, 0.3) is 0 Å². The van der Waals surface area contributed by atoms with Gasteiger partial charge in [0.05, 0.1) is 0 Å². The summed E-state index contributed by atoms with van der Waals surface area (Å²) in [6.45, 7) is 5.93. The zero-order chi connectivity index (χ0) is 16.8. The molecule has 1 N–H and O–H groups in total. The minimum atomic E-state index is -0.293. The predicted octanol–water partition coefficient (Wildman–Crippen LogP) is 3.81. The number of carbonyl (C=O) groups excluding carboxylic acids is 1. The molecule has 1 aromatic carbocycles. The lowest BCUT2D eigenvalue weighted by Gasteiger charge is -2.37. The number of nitrogens with one attached hydrogen (secondary N) is 1. The molecule has 2 atom stereocenters. The smallest absolute Gasteiger partial charge is 0.407 e. The highest BCUT2D eigenvalue weighted by molar-refractivity contribution is 5.67. The van der Waals surface area contributed by atoms with Crippen LogP contribution in [-0.2, 0) is 11.3 Å². The van der Waals surface area contributed by atoms with Crippen LogP contribution in [0.15, 0.2) is 30.3 Å². The fourth-order valence-electron chi connectivity index (χ4n) is 4.20. The van der Waals surface area contributed by atoms with Crippen molar-refractivity contribution in [3.8, 4) is 0 Å². The van der Waals surface area contributed by atoms with E-state index in [-0.39, 0.29) is 12.1 Å². The lowest BCUT2D eigenvalue weighted by molar-refractivity contribution is 0.107. The topological polar surface area (TPSA) is 41.6 Å². The summed E-state index contributed by atoms with van der Waals surface area (Å²) in [6, 6.07) is 10.0. The fourth-order valence-corrected chi connectivity index (χ4v) is 4.20. The van der Waals surface area contributed by atoms with Gasteiger partial charge in [-0.2, -0.15) is 0 Å². The maximum Gasteiger partial charge on any atom is 0.407 e. The van der Waals surface area contributed by atoms with Gasteiger partial charge >= 0.3 is 6.09 Å². The van der Waals surface area contributed by atoms with E-state index >= 15 is 0 Å². The molecule has 2 fully saturated rings. The van der Waals surface area contributed by atoms with Crippen molar-refractivity contribution in [1.82, 2.24) is 10.2 Å². The molecule has 1 aliphatic heterocycles. The molecule has 1 heterocycles. The van der Waals surface area contributed by atoms with Gasteiger partial charge in [0.2, 0.25) is 0 Å². The number of hydrogen-bond acceptors (Lipinski definition) is 3. The number of nitrogens with zero attached hydrogens (tertiary/aromatic N) is 1. The number of benzene rings is 1. The lowest BCUT2D eigenvalue weighted by Crippen LogP contribution is -2.51. The average molecular weight is 330 g/mol. The van der Waals surface area contributed by atoms with Crippen LogP contribution in [0.5, 0.6) is 0 Å². The van der Waals surface area contributed by atoms with Gasteiger partial charge in [-0.25, -0.2) is 4.79 Å². The second kappa shape index (κ2) is 8.52. The van der Waals surface area contributed by atoms with E-state index < -0.39 is 0 Å². The van der Waals surface area contributed by atoms with E-state index in [0.29, 0.717) is 12.5 Å². The molecule has 3 rings (SSSR count). The first-order chi connectivity index (χ1) is 11.7. The Hall–Kier alpha value is -1.55. The molecule has 4 heteroatoms. The number of piperidine rings is 1. The van der Waals surface area contributed by atoms with Crippen LogP contribution >= 0.6 is 0 Å². The Kier molecular flexibility index (Phi) is 6.13. The minimum absolute atomic E-state index is 0.207. The normalized spacial score (nSPS) is 25.5. The Bertz CT molecular complexity index is 514. The Morgan fingerprint density at radius 2 is 1.96 bits per heavy atom. The van der Waals surface area contributed by atoms with Crippen molar-refractivity contribution in [2.75, 3.05) is 19.6 Å². The van der Waals surface area contributed by atoms with E-state index in [4.69, 9.17) is 4.74 Å². The van der Waals surface area contributed by atoms with Gasteiger partial charge in [-0.3, -0.25) is 0 Å². The van der Waals surface area contributed by atoms with Crippen LogP contribution in [0.2, 0.25) is 0 Å². The van der Waals surface area contributed by atoms with Crippen LogP contribution < -0.4 is 5.32 Å². The van der Waals surface area contributed by atoms with Crippen molar-refractivity contribution < 1.29 is 9.53 Å². The first-order valence-corrected chi connectivity index (χ1v) is 9.38. The van der Waals surface area contributed by atoms with Gasteiger partial charge < -0.3 is 15.0 Å². The van der Waals surface area contributed by atoms with Crippen molar-refractivity contribution in [3.05, 3.63) is 35.9 Å². The molecular formula is C20H30N2O2. The van der Waals surface area contributed by atoms with Gasteiger partial charge in [0, 0.05) is 25.7 Å². The van der Waals surface area contributed by atoms with Crippen LogP contribution in [-0.4, -0.2) is 36.7 Å². The molecule has 1 aromatic rings. The van der Waals surface area contributed by atoms with Crippen LogP contribution in [0.4, 0.5) is 4.79 Å². The van der Waals surface area contributed by atoms with Gasteiger partial charge in [0.15, 0.2) is 0 Å². The second-order valence-electron chi connectivity index (χ2n) is 7.61. The van der Waals surface area contributed by atoms with Crippen molar-refractivity contribution in [2.45, 2.75) is 51.7 Å². The second-order valence-corrected chi connectivity index (χ2v) is 7.61. The van der Waals surface area contributed by atoms with E-state index in [2.05, 4.69) is 17.1 Å². The minimum Gasteiger partial charge on any atom is -0.445 e. The summed E-state index contributed by atoms with van der Waals surface area (Å²) in [5.74, 6) is 1.49. The third-order valence-corrected chi connectivity index (χ3v) is 5.26. The van der Waals surface area contributed by atoms with Gasteiger partial charge in [0.25, 0.3) is 0 Å². The van der Waals surface area contributed by atoms with E-state index in [9.17, 15) is 4.79 Å². The highest BCUT2D eigenvalue weighted by atomic mass is 16.5. The highest BCUT2D eigenvalue weighted by Crippen LogP contribution is 2.27. The summed E-state index contributed by atoms with van der Waals surface area (Å²) in [4.78, 5) is 14.6. The van der Waals surface area contributed by atoms with Gasteiger partial charge in [0.1, 0.15) is 6.61 Å². The summed E-state index contributed by atoms with van der Waals surface area (Å²) in [5.41, 5.74) is 1.02. The fraction of sp³-hybridized carbons (Fsp3) is 0.650. The zero-order valence-electron chi connectivity index (χ0n) is 14.7. The molecule has 1 amide bonds. The average Bonchev–Trinajstić information content (AvgIpc) is 3.06. The van der Waals surface area contributed by atoms with E-state index in [1.54, 1.807) is 0 Å². The molecule has 24 heavy (non-hydrogen) atoms. The van der Waals surface area contributed by atoms with E-state index in [1.165, 1.54) is 32.2 Å². The van der Waals surface area contributed by atoms with E-state index in [1.807, 2.05) is 30.3 Å². The predicted molar refractivity (Wildman–Crippen MR) is 95.7 cm³/mol. The lowest BCUT2D eigenvalue weighted by atomic mass is 9.94. The van der Waals surface area contributed by atoms with Crippen molar-refractivity contribution in [1.29, 1.82) is 0 Å². The monoisotopic (exact) mass is 330 g/mol. The Labute approximate surface area is 145 Å². The number of ether oxygens (including phenoxy) is 1. The summed E-state index contributed by atoms with van der Waals surface area (Å²) in [7, 11) is 0. The molecule has 132 valence electrons. The number of rotatable bonds is 5. The Balaban J connectivity index is 1.43. The summed E-state index contributed by atoms with van der Waals surface area (Å²) in [5, 5.41) is 3.07. The Morgan fingerprint density at radius 3 is 2.71 bits per heavy atom. The van der Waals surface area contributed by atoms with Crippen molar-refractivity contribution in [2.24, 2.45) is 11.8 Å². The van der Waals surface area contributed by atoms with Gasteiger partial charge in [-0.15, -0.1) is 0 Å².